The van der Waals surface area contributed by atoms with E-state index in [2.05, 4.69) is 5.16 Å². The van der Waals surface area contributed by atoms with E-state index in [-0.39, 0.29) is 17.6 Å². The number of aromatic nitrogens is 2. The van der Waals surface area contributed by atoms with Gasteiger partial charge in [-0.05, 0) is 26.8 Å². The molecule has 1 saturated heterocycles. The van der Waals surface area contributed by atoms with Gasteiger partial charge in [-0.1, -0.05) is 5.16 Å². The van der Waals surface area contributed by atoms with Crippen LogP contribution in [0.4, 0.5) is 0 Å². The summed E-state index contributed by atoms with van der Waals surface area (Å²) >= 11 is 0. The van der Waals surface area contributed by atoms with E-state index in [1.54, 1.807) is 16.5 Å². The van der Waals surface area contributed by atoms with Gasteiger partial charge in [-0.2, -0.15) is 0 Å². The predicted molar refractivity (Wildman–Crippen MR) is 91.7 cm³/mol. The normalized spacial score (nSPS) is 17.1. The summed E-state index contributed by atoms with van der Waals surface area (Å²) in [4.78, 5) is 26.2. The SMILES string of the molecule is Cc1noc(C)c1CC(=O)N1CCC(Oc2cc(C)n(C)c(=O)c2)C1. The van der Waals surface area contributed by atoms with E-state index in [1.165, 1.54) is 6.07 Å². The molecule has 2 aromatic heterocycles. The quantitative estimate of drug-likeness (QED) is 0.840. The van der Waals surface area contributed by atoms with Crippen molar-refractivity contribution in [3.05, 3.63) is 45.2 Å². The topological polar surface area (TPSA) is 77.6 Å². The number of likely N-dealkylation sites (tertiary alicyclic amines) is 1. The van der Waals surface area contributed by atoms with Crippen LogP contribution in [-0.4, -0.2) is 39.7 Å². The summed E-state index contributed by atoms with van der Waals surface area (Å²) in [5, 5.41) is 3.89. The van der Waals surface area contributed by atoms with Gasteiger partial charge in [0.05, 0.1) is 18.7 Å². The highest BCUT2D eigenvalue weighted by Gasteiger charge is 2.28. The first-order valence-electron chi connectivity index (χ1n) is 8.39. The smallest absolute Gasteiger partial charge is 0.254 e. The van der Waals surface area contributed by atoms with Gasteiger partial charge in [-0.25, -0.2) is 0 Å². The second kappa shape index (κ2) is 6.74. The minimum Gasteiger partial charge on any atom is -0.488 e. The first-order chi connectivity index (χ1) is 11.8. The first-order valence-corrected chi connectivity index (χ1v) is 8.39. The molecule has 0 aliphatic carbocycles. The van der Waals surface area contributed by atoms with Gasteiger partial charge in [0.1, 0.15) is 17.6 Å². The molecule has 1 unspecified atom stereocenters. The molecule has 7 heteroatoms. The maximum atomic E-state index is 12.5. The lowest BCUT2D eigenvalue weighted by Crippen LogP contribution is -2.32. The van der Waals surface area contributed by atoms with Gasteiger partial charge < -0.3 is 18.7 Å². The van der Waals surface area contributed by atoms with Crippen LogP contribution in [0.3, 0.4) is 0 Å². The van der Waals surface area contributed by atoms with Gasteiger partial charge in [-0.15, -0.1) is 0 Å². The summed E-state index contributed by atoms with van der Waals surface area (Å²) in [5.74, 6) is 1.29. The molecule has 2 aromatic rings. The van der Waals surface area contributed by atoms with Crippen molar-refractivity contribution in [1.29, 1.82) is 0 Å². The molecule has 1 amide bonds. The summed E-state index contributed by atoms with van der Waals surface area (Å²) in [7, 11) is 1.73. The molecular weight excluding hydrogens is 322 g/mol. The Morgan fingerprint density at radius 3 is 2.76 bits per heavy atom. The molecule has 0 radical (unpaired) electrons. The Bertz CT molecular complexity index is 833. The van der Waals surface area contributed by atoms with Crippen LogP contribution >= 0.6 is 0 Å². The van der Waals surface area contributed by atoms with Crippen molar-refractivity contribution < 1.29 is 14.1 Å². The summed E-state index contributed by atoms with van der Waals surface area (Å²) in [6.07, 6.45) is 0.945. The standard InChI is InChI=1S/C18H23N3O4/c1-11-7-15(8-17(22)20(11)4)24-14-5-6-21(10-14)18(23)9-16-12(2)19-25-13(16)3/h7-8,14H,5-6,9-10H2,1-4H3. The lowest BCUT2D eigenvalue weighted by Gasteiger charge is -2.17. The van der Waals surface area contributed by atoms with Crippen LogP contribution in [0.25, 0.3) is 0 Å². The lowest BCUT2D eigenvalue weighted by molar-refractivity contribution is -0.129. The highest BCUT2D eigenvalue weighted by Crippen LogP contribution is 2.20. The molecule has 0 spiro atoms. The van der Waals surface area contributed by atoms with Crippen molar-refractivity contribution >= 4 is 5.91 Å². The van der Waals surface area contributed by atoms with Crippen molar-refractivity contribution in [1.82, 2.24) is 14.6 Å². The fourth-order valence-electron chi connectivity index (χ4n) is 3.07. The Morgan fingerprint density at radius 1 is 1.36 bits per heavy atom. The van der Waals surface area contributed by atoms with Gasteiger partial charge in [0.25, 0.3) is 5.56 Å². The molecule has 1 fully saturated rings. The van der Waals surface area contributed by atoms with E-state index in [4.69, 9.17) is 9.26 Å². The number of rotatable bonds is 4. The van der Waals surface area contributed by atoms with Crippen LogP contribution in [0.15, 0.2) is 21.5 Å². The van der Waals surface area contributed by atoms with E-state index in [0.29, 0.717) is 31.0 Å². The maximum absolute atomic E-state index is 12.5. The van der Waals surface area contributed by atoms with Gasteiger partial charge in [0.2, 0.25) is 5.91 Å². The summed E-state index contributed by atoms with van der Waals surface area (Å²) < 4.78 is 12.6. The van der Waals surface area contributed by atoms with Crippen molar-refractivity contribution in [3.8, 4) is 5.75 Å². The number of carbonyl (C=O) groups excluding carboxylic acids is 1. The Kier molecular flexibility index (Phi) is 4.65. The van der Waals surface area contributed by atoms with E-state index >= 15 is 0 Å². The molecule has 0 saturated carbocycles. The average molecular weight is 345 g/mol. The zero-order valence-corrected chi connectivity index (χ0v) is 15.0. The number of ether oxygens (including phenoxy) is 1. The van der Waals surface area contributed by atoms with E-state index in [1.807, 2.05) is 26.8 Å². The third kappa shape index (κ3) is 3.60. The Labute approximate surface area is 146 Å². The Balaban J connectivity index is 1.62. The Morgan fingerprint density at radius 2 is 2.12 bits per heavy atom. The Hall–Kier alpha value is -2.57. The second-order valence-electron chi connectivity index (χ2n) is 6.58. The molecule has 1 atom stereocenters. The zero-order chi connectivity index (χ0) is 18.1. The highest BCUT2D eigenvalue weighted by molar-refractivity contribution is 5.79. The molecular formula is C18H23N3O4. The van der Waals surface area contributed by atoms with Gasteiger partial charge in [0, 0.05) is 37.3 Å². The first kappa shape index (κ1) is 17.3. The van der Waals surface area contributed by atoms with E-state index in [0.717, 1.165) is 23.4 Å². The summed E-state index contributed by atoms with van der Waals surface area (Å²) in [6, 6.07) is 3.33. The maximum Gasteiger partial charge on any atom is 0.254 e. The fraction of sp³-hybridized carbons (Fsp3) is 0.500. The number of hydrogen-bond acceptors (Lipinski definition) is 5. The molecule has 1 aliphatic rings. The molecule has 0 aromatic carbocycles. The van der Waals surface area contributed by atoms with Crippen molar-refractivity contribution in [2.75, 3.05) is 13.1 Å². The number of carbonyl (C=O) groups is 1. The van der Waals surface area contributed by atoms with Crippen molar-refractivity contribution in [2.45, 2.75) is 39.7 Å². The molecule has 7 nitrogen and oxygen atoms in total. The molecule has 0 bridgehead atoms. The van der Waals surface area contributed by atoms with E-state index < -0.39 is 0 Å². The fourth-order valence-corrected chi connectivity index (χ4v) is 3.07. The molecule has 3 heterocycles. The van der Waals surface area contributed by atoms with Crippen LogP contribution < -0.4 is 10.3 Å². The number of pyridine rings is 1. The number of aryl methyl sites for hydroxylation is 3. The third-order valence-corrected chi connectivity index (χ3v) is 4.79. The van der Waals surface area contributed by atoms with Crippen LogP contribution in [0.2, 0.25) is 0 Å². The molecule has 134 valence electrons. The average Bonchev–Trinajstić information content (AvgIpc) is 3.14. The summed E-state index contributed by atoms with van der Waals surface area (Å²) in [5.41, 5.74) is 2.36. The van der Waals surface area contributed by atoms with Crippen LogP contribution in [0, 0.1) is 20.8 Å². The van der Waals surface area contributed by atoms with Crippen molar-refractivity contribution in [3.63, 3.8) is 0 Å². The minimum absolute atomic E-state index is 0.0423. The van der Waals surface area contributed by atoms with Crippen LogP contribution in [0.5, 0.6) is 5.75 Å². The number of hydrogen-bond donors (Lipinski definition) is 0. The second-order valence-corrected chi connectivity index (χ2v) is 6.58. The van der Waals surface area contributed by atoms with Crippen LogP contribution in [0.1, 0.15) is 29.1 Å². The molecule has 3 rings (SSSR count). The molecule has 1 aliphatic heterocycles. The van der Waals surface area contributed by atoms with Gasteiger partial charge in [-0.3, -0.25) is 9.59 Å². The van der Waals surface area contributed by atoms with Crippen LogP contribution in [-0.2, 0) is 18.3 Å². The number of amides is 1. The number of nitrogens with zero attached hydrogens (tertiary/aromatic N) is 3. The minimum atomic E-state index is -0.0978. The van der Waals surface area contributed by atoms with E-state index in [9.17, 15) is 9.59 Å². The van der Waals surface area contributed by atoms with Gasteiger partial charge >= 0.3 is 0 Å². The highest BCUT2D eigenvalue weighted by atomic mass is 16.5. The monoisotopic (exact) mass is 345 g/mol. The molecule has 25 heavy (non-hydrogen) atoms. The molecule has 0 N–H and O–H groups in total. The van der Waals surface area contributed by atoms with Crippen molar-refractivity contribution in [2.24, 2.45) is 7.05 Å². The third-order valence-electron chi connectivity index (χ3n) is 4.79. The van der Waals surface area contributed by atoms with Gasteiger partial charge in [0.15, 0.2) is 0 Å². The lowest BCUT2D eigenvalue weighted by atomic mass is 10.1. The zero-order valence-electron chi connectivity index (χ0n) is 15.0. The summed E-state index contributed by atoms with van der Waals surface area (Å²) in [6.45, 7) is 6.69. The largest absolute Gasteiger partial charge is 0.488 e. The predicted octanol–water partition coefficient (Wildman–Crippen LogP) is 1.52.